The van der Waals surface area contributed by atoms with E-state index in [9.17, 15) is 0 Å². The summed E-state index contributed by atoms with van der Waals surface area (Å²) < 4.78 is 0. The standard InChI is InChI=1S/C15H20N4/c1-3-16-14-10-15(19-11-18-14)17-8-7-13-6-4-5-12(2)9-13/h4-6,9-11H,3,7-8H2,1-2H3,(H2,16,17,18,19). The van der Waals surface area contributed by atoms with Gasteiger partial charge in [-0.1, -0.05) is 29.8 Å². The van der Waals surface area contributed by atoms with E-state index < -0.39 is 0 Å². The van der Waals surface area contributed by atoms with E-state index in [4.69, 9.17) is 0 Å². The van der Waals surface area contributed by atoms with E-state index in [0.29, 0.717) is 0 Å². The summed E-state index contributed by atoms with van der Waals surface area (Å²) in [7, 11) is 0. The summed E-state index contributed by atoms with van der Waals surface area (Å²) in [6.45, 7) is 5.89. The molecule has 0 aliphatic rings. The largest absolute Gasteiger partial charge is 0.370 e. The van der Waals surface area contributed by atoms with Gasteiger partial charge in [-0.3, -0.25) is 0 Å². The average molecular weight is 256 g/mol. The molecule has 2 aromatic rings. The molecule has 4 heteroatoms. The zero-order valence-corrected chi connectivity index (χ0v) is 11.5. The Morgan fingerprint density at radius 1 is 1.05 bits per heavy atom. The van der Waals surface area contributed by atoms with Gasteiger partial charge in [0.1, 0.15) is 18.0 Å². The average Bonchev–Trinajstić information content (AvgIpc) is 2.40. The van der Waals surface area contributed by atoms with E-state index in [1.165, 1.54) is 11.1 Å². The van der Waals surface area contributed by atoms with E-state index in [1.54, 1.807) is 6.33 Å². The molecule has 0 saturated carbocycles. The summed E-state index contributed by atoms with van der Waals surface area (Å²) in [5, 5.41) is 6.49. The van der Waals surface area contributed by atoms with Crippen molar-refractivity contribution >= 4 is 11.6 Å². The number of aryl methyl sites for hydroxylation is 1. The second-order valence-electron chi connectivity index (χ2n) is 4.48. The lowest BCUT2D eigenvalue weighted by molar-refractivity contribution is 0.995. The van der Waals surface area contributed by atoms with Gasteiger partial charge in [0.2, 0.25) is 0 Å². The smallest absolute Gasteiger partial charge is 0.131 e. The zero-order chi connectivity index (χ0) is 13.5. The predicted molar refractivity (Wildman–Crippen MR) is 79.6 cm³/mol. The molecule has 1 aromatic heterocycles. The lowest BCUT2D eigenvalue weighted by Crippen LogP contribution is -2.08. The highest BCUT2D eigenvalue weighted by Crippen LogP contribution is 2.09. The normalized spacial score (nSPS) is 10.2. The number of nitrogens with zero attached hydrogens (tertiary/aromatic N) is 2. The molecule has 0 unspecified atom stereocenters. The molecule has 0 bridgehead atoms. The minimum atomic E-state index is 0.857. The van der Waals surface area contributed by atoms with Gasteiger partial charge in [0, 0.05) is 19.2 Å². The van der Waals surface area contributed by atoms with Crippen LogP contribution in [0, 0.1) is 6.92 Å². The lowest BCUT2D eigenvalue weighted by Gasteiger charge is -2.08. The van der Waals surface area contributed by atoms with Gasteiger partial charge in [0.15, 0.2) is 0 Å². The molecule has 2 rings (SSSR count). The van der Waals surface area contributed by atoms with Crippen molar-refractivity contribution in [3.8, 4) is 0 Å². The summed E-state index contributed by atoms with van der Waals surface area (Å²) in [5.74, 6) is 1.72. The molecule has 1 aromatic carbocycles. The van der Waals surface area contributed by atoms with E-state index in [0.717, 1.165) is 31.1 Å². The summed E-state index contributed by atoms with van der Waals surface area (Å²) in [5.41, 5.74) is 2.64. The number of hydrogen-bond acceptors (Lipinski definition) is 4. The first-order valence-electron chi connectivity index (χ1n) is 6.63. The van der Waals surface area contributed by atoms with Crippen LogP contribution in [0.4, 0.5) is 11.6 Å². The fraction of sp³-hybridized carbons (Fsp3) is 0.333. The van der Waals surface area contributed by atoms with Crippen LogP contribution in [0.5, 0.6) is 0 Å². The van der Waals surface area contributed by atoms with Gasteiger partial charge in [-0.25, -0.2) is 9.97 Å². The Balaban J connectivity index is 1.87. The molecule has 100 valence electrons. The zero-order valence-electron chi connectivity index (χ0n) is 11.5. The monoisotopic (exact) mass is 256 g/mol. The first kappa shape index (κ1) is 13.3. The van der Waals surface area contributed by atoms with E-state index in [-0.39, 0.29) is 0 Å². The third-order valence-electron chi connectivity index (χ3n) is 2.83. The van der Waals surface area contributed by atoms with Crippen LogP contribution in [0.15, 0.2) is 36.7 Å². The van der Waals surface area contributed by atoms with Gasteiger partial charge < -0.3 is 10.6 Å². The molecule has 0 aliphatic carbocycles. The first-order valence-corrected chi connectivity index (χ1v) is 6.63. The molecule has 0 aliphatic heterocycles. The molecule has 2 N–H and O–H groups in total. The molecule has 4 nitrogen and oxygen atoms in total. The molecule has 0 amide bonds. The van der Waals surface area contributed by atoms with E-state index in [1.807, 2.05) is 13.0 Å². The molecular weight excluding hydrogens is 236 g/mol. The van der Waals surface area contributed by atoms with Gasteiger partial charge in [0.25, 0.3) is 0 Å². The van der Waals surface area contributed by atoms with Gasteiger partial charge in [-0.2, -0.15) is 0 Å². The Morgan fingerprint density at radius 2 is 1.84 bits per heavy atom. The minimum absolute atomic E-state index is 0.857. The maximum atomic E-state index is 4.21. The van der Waals surface area contributed by atoms with Crippen molar-refractivity contribution in [2.45, 2.75) is 20.3 Å². The second kappa shape index (κ2) is 6.73. The maximum absolute atomic E-state index is 4.21. The highest BCUT2D eigenvalue weighted by Gasteiger charge is 1.98. The Hall–Kier alpha value is -2.10. The number of rotatable bonds is 6. The molecule has 0 radical (unpaired) electrons. The summed E-state index contributed by atoms with van der Waals surface area (Å²) in [4.78, 5) is 8.35. The Morgan fingerprint density at radius 3 is 2.58 bits per heavy atom. The molecule has 1 heterocycles. The van der Waals surface area contributed by atoms with Gasteiger partial charge >= 0.3 is 0 Å². The highest BCUT2D eigenvalue weighted by atomic mass is 15.1. The third kappa shape index (κ3) is 4.25. The fourth-order valence-electron chi connectivity index (χ4n) is 1.93. The summed E-state index contributed by atoms with van der Waals surface area (Å²) >= 11 is 0. The van der Waals surface area contributed by atoms with Crippen LogP contribution in [0.25, 0.3) is 0 Å². The molecule has 0 saturated heterocycles. The van der Waals surface area contributed by atoms with Crippen molar-refractivity contribution in [1.82, 2.24) is 9.97 Å². The van der Waals surface area contributed by atoms with Gasteiger partial charge in [0.05, 0.1) is 0 Å². The number of nitrogens with one attached hydrogen (secondary N) is 2. The molecule has 0 spiro atoms. The third-order valence-corrected chi connectivity index (χ3v) is 2.83. The molecule has 0 fully saturated rings. The van der Waals surface area contributed by atoms with Crippen LogP contribution >= 0.6 is 0 Å². The summed E-state index contributed by atoms with van der Waals surface area (Å²) in [6.07, 6.45) is 2.56. The van der Waals surface area contributed by atoms with Crippen molar-refractivity contribution in [2.75, 3.05) is 23.7 Å². The van der Waals surface area contributed by atoms with Crippen LogP contribution in [0.1, 0.15) is 18.1 Å². The molecule has 0 atom stereocenters. The van der Waals surface area contributed by atoms with Crippen LogP contribution in [0.3, 0.4) is 0 Å². The van der Waals surface area contributed by atoms with E-state index in [2.05, 4.69) is 51.8 Å². The molecule has 19 heavy (non-hydrogen) atoms. The van der Waals surface area contributed by atoms with E-state index >= 15 is 0 Å². The van der Waals surface area contributed by atoms with Crippen LogP contribution < -0.4 is 10.6 Å². The minimum Gasteiger partial charge on any atom is -0.370 e. The van der Waals surface area contributed by atoms with Gasteiger partial charge in [-0.15, -0.1) is 0 Å². The predicted octanol–water partition coefficient (Wildman–Crippen LogP) is 2.87. The Labute approximate surface area is 114 Å². The highest BCUT2D eigenvalue weighted by molar-refractivity contribution is 5.46. The summed E-state index contributed by atoms with van der Waals surface area (Å²) in [6, 6.07) is 10.5. The number of hydrogen-bond donors (Lipinski definition) is 2. The van der Waals surface area contributed by atoms with Gasteiger partial charge in [-0.05, 0) is 25.8 Å². The number of aromatic nitrogens is 2. The maximum Gasteiger partial charge on any atom is 0.131 e. The number of benzene rings is 1. The Kier molecular flexibility index (Phi) is 4.72. The van der Waals surface area contributed by atoms with Crippen molar-refractivity contribution < 1.29 is 0 Å². The first-order chi connectivity index (χ1) is 9.28. The van der Waals surface area contributed by atoms with Crippen molar-refractivity contribution in [2.24, 2.45) is 0 Å². The van der Waals surface area contributed by atoms with Crippen LogP contribution in [-0.2, 0) is 6.42 Å². The van der Waals surface area contributed by atoms with Crippen molar-refractivity contribution in [3.63, 3.8) is 0 Å². The quantitative estimate of drug-likeness (QED) is 0.834. The fourth-order valence-corrected chi connectivity index (χ4v) is 1.93. The second-order valence-corrected chi connectivity index (χ2v) is 4.48. The molecular formula is C15H20N4. The van der Waals surface area contributed by atoms with Crippen molar-refractivity contribution in [3.05, 3.63) is 47.8 Å². The Bertz CT molecular complexity index is 525. The SMILES string of the molecule is CCNc1cc(NCCc2cccc(C)c2)ncn1. The van der Waals surface area contributed by atoms with Crippen LogP contribution in [0.2, 0.25) is 0 Å². The van der Waals surface area contributed by atoms with Crippen LogP contribution in [-0.4, -0.2) is 23.1 Å². The van der Waals surface area contributed by atoms with Crippen molar-refractivity contribution in [1.29, 1.82) is 0 Å². The number of anilines is 2. The topological polar surface area (TPSA) is 49.8 Å². The lowest BCUT2D eigenvalue weighted by atomic mass is 10.1.